The monoisotopic (exact) mass is 845 g/mol. The highest BCUT2D eigenvalue weighted by Crippen LogP contribution is 2.24. The summed E-state index contributed by atoms with van der Waals surface area (Å²) in [6.45, 7) is 3.70. The van der Waals surface area contributed by atoms with Gasteiger partial charge in [0.1, 0.15) is 36.8 Å². The molecule has 0 amide bonds. The highest BCUT2D eigenvalue weighted by atomic mass is 32.2. The minimum Gasteiger partial charge on any atom is -0.462 e. The van der Waals surface area contributed by atoms with E-state index in [0.29, 0.717) is 12.8 Å². The standard InChI is InChI=1S/C45H80O12S/c1-3-5-7-9-11-13-15-17-18-19-20-22-23-25-27-29-31-33-40(46)54-35-38(36-55-45-44(50)43(49)42(48)39(57-45)37-58(51,52)53)56-41(47)34-32-30-28-26-24-21-16-14-12-10-8-6-4-2/h11,13-14,16-18,38-39,42-45,48-50H,3-10,12,15,19-37H2,1-2H3,(H,51,52,53)/b13-11+,16-14+,18-17+/t38-,39-,42-,43?,44?,45+/m1/s1. The topological polar surface area (TPSA) is 186 Å². The lowest BCUT2D eigenvalue weighted by Gasteiger charge is -2.40. The highest BCUT2D eigenvalue weighted by molar-refractivity contribution is 7.85. The Hall–Kier alpha value is -2.13. The van der Waals surface area contributed by atoms with E-state index in [1.807, 2.05) is 0 Å². The molecule has 338 valence electrons. The number of allylic oxidation sites excluding steroid dienone is 6. The number of carbonyl (C=O) groups is 2. The molecule has 1 aliphatic rings. The summed E-state index contributed by atoms with van der Waals surface area (Å²) in [7, 11) is -4.60. The van der Waals surface area contributed by atoms with Crippen LogP contribution >= 0.6 is 0 Å². The Morgan fingerprint density at radius 1 is 0.586 bits per heavy atom. The zero-order valence-corrected chi connectivity index (χ0v) is 36.7. The van der Waals surface area contributed by atoms with Crippen molar-refractivity contribution in [1.29, 1.82) is 0 Å². The number of unbranched alkanes of at least 4 members (excludes halogenated alkanes) is 19. The van der Waals surface area contributed by atoms with Gasteiger partial charge in [0.25, 0.3) is 10.1 Å². The van der Waals surface area contributed by atoms with Crippen molar-refractivity contribution in [3.05, 3.63) is 36.5 Å². The van der Waals surface area contributed by atoms with Crippen molar-refractivity contribution >= 4 is 22.1 Å². The maximum Gasteiger partial charge on any atom is 0.306 e. The summed E-state index contributed by atoms with van der Waals surface area (Å²) in [5.41, 5.74) is 0. The van der Waals surface area contributed by atoms with Crippen molar-refractivity contribution in [1.82, 2.24) is 0 Å². The van der Waals surface area contributed by atoms with Crippen LogP contribution in [0.25, 0.3) is 0 Å². The van der Waals surface area contributed by atoms with Crippen molar-refractivity contribution in [2.24, 2.45) is 0 Å². The summed E-state index contributed by atoms with van der Waals surface area (Å²) in [5, 5.41) is 30.9. The Morgan fingerprint density at radius 3 is 1.57 bits per heavy atom. The number of hydrogen-bond donors (Lipinski definition) is 4. The van der Waals surface area contributed by atoms with Gasteiger partial charge < -0.3 is 34.3 Å². The normalized spacial score (nSPS) is 20.7. The third kappa shape index (κ3) is 30.0. The van der Waals surface area contributed by atoms with Gasteiger partial charge in [0, 0.05) is 12.8 Å². The fourth-order valence-electron chi connectivity index (χ4n) is 6.64. The molecule has 13 heteroatoms. The first-order chi connectivity index (χ1) is 28.0. The molecule has 58 heavy (non-hydrogen) atoms. The van der Waals surface area contributed by atoms with E-state index in [-0.39, 0.29) is 19.4 Å². The Morgan fingerprint density at radius 2 is 1.03 bits per heavy atom. The van der Waals surface area contributed by atoms with Crippen molar-refractivity contribution in [3.63, 3.8) is 0 Å². The van der Waals surface area contributed by atoms with Gasteiger partial charge in [-0.2, -0.15) is 8.42 Å². The molecular weight excluding hydrogens is 765 g/mol. The van der Waals surface area contributed by atoms with Gasteiger partial charge in [0.15, 0.2) is 12.4 Å². The van der Waals surface area contributed by atoms with E-state index in [0.717, 1.165) is 77.0 Å². The molecule has 1 aliphatic heterocycles. The second kappa shape index (κ2) is 35.6. The van der Waals surface area contributed by atoms with Crippen LogP contribution in [0.15, 0.2) is 36.5 Å². The zero-order chi connectivity index (χ0) is 42.7. The van der Waals surface area contributed by atoms with E-state index in [1.54, 1.807) is 0 Å². The minimum absolute atomic E-state index is 0.152. The molecule has 1 heterocycles. The number of esters is 2. The van der Waals surface area contributed by atoms with E-state index in [2.05, 4.69) is 50.3 Å². The number of aliphatic hydroxyl groups excluding tert-OH is 3. The van der Waals surface area contributed by atoms with Crippen LogP contribution in [-0.4, -0.2) is 96.0 Å². The van der Waals surface area contributed by atoms with Gasteiger partial charge in [0.2, 0.25) is 0 Å². The number of ether oxygens (including phenoxy) is 4. The van der Waals surface area contributed by atoms with Gasteiger partial charge in [-0.1, -0.05) is 134 Å². The smallest absolute Gasteiger partial charge is 0.306 e. The van der Waals surface area contributed by atoms with Crippen molar-refractivity contribution in [2.45, 2.75) is 218 Å². The molecule has 0 radical (unpaired) electrons. The van der Waals surface area contributed by atoms with Crippen LogP contribution in [0.5, 0.6) is 0 Å². The molecule has 0 aliphatic carbocycles. The maximum absolute atomic E-state index is 12.8. The molecule has 0 aromatic rings. The van der Waals surface area contributed by atoms with Crippen LogP contribution < -0.4 is 0 Å². The molecular formula is C45H80O12S. The average Bonchev–Trinajstić information content (AvgIpc) is 3.18. The SMILES string of the molecule is CCCCC/C=C/C/C=C/CCCCCCCCCC(=O)OC[C@H](CO[C@H]1O[C@H](CS(=O)(=O)O)[C@@H](O)C(O)C1O)OC(=O)CCCCCCC/C=C/CCCCCC. The van der Waals surface area contributed by atoms with E-state index in [4.69, 9.17) is 18.9 Å². The molecule has 0 saturated carbocycles. The van der Waals surface area contributed by atoms with Crippen LogP contribution in [-0.2, 0) is 38.7 Å². The van der Waals surface area contributed by atoms with E-state index >= 15 is 0 Å². The number of rotatable bonds is 37. The quantitative estimate of drug-likeness (QED) is 0.0202. The molecule has 1 rings (SSSR count). The van der Waals surface area contributed by atoms with Crippen LogP contribution in [0, 0.1) is 0 Å². The lowest BCUT2D eigenvalue weighted by molar-refractivity contribution is -0.297. The zero-order valence-electron chi connectivity index (χ0n) is 35.9. The Bertz CT molecular complexity index is 1220. The summed E-state index contributed by atoms with van der Waals surface area (Å²) >= 11 is 0. The summed E-state index contributed by atoms with van der Waals surface area (Å²) in [4.78, 5) is 25.4. The first-order valence-corrected chi connectivity index (χ1v) is 24.2. The van der Waals surface area contributed by atoms with Crippen LogP contribution in [0.2, 0.25) is 0 Å². The highest BCUT2D eigenvalue weighted by Gasteiger charge is 2.46. The van der Waals surface area contributed by atoms with Gasteiger partial charge in [-0.3, -0.25) is 14.1 Å². The Kier molecular flexibility index (Phi) is 33.1. The predicted octanol–water partition coefficient (Wildman–Crippen LogP) is 9.00. The van der Waals surface area contributed by atoms with Crippen molar-refractivity contribution in [3.8, 4) is 0 Å². The first kappa shape index (κ1) is 53.9. The molecule has 2 unspecified atom stereocenters. The third-order valence-electron chi connectivity index (χ3n) is 10.2. The maximum atomic E-state index is 12.8. The van der Waals surface area contributed by atoms with Crippen molar-refractivity contribution in [2.75, 3.05) is 19.0 Å². The summed E-state index contributed by atoms with van der Waals surface area (Å²) < 4.78 is 54.0. The van der Waals surface area contributed by atoms with Gasteiger partial charge in [-0.25, -0.2) is 0 Å². The summed E-state index contributed by atoms with van der Waals surface area (Å²) in [6.07, 6.45) is 30.4. The molecule has 0 aromatic heterocycles. The van der Waals surface area contributed by atoms with E-state index < -0.39 is 71.2 Å². The molecule has 0 bridgehead atoms. The average molecular weight is 845 g/mol. The second-order valence-electron chi connectivity index (χ2n) is 15.7. The van der Waals surface area contributed by atoms with Crippen LogP contribution in [0.1, 0.15) is 181 Å². The van der Waals surface area contributed by atoms with Crippen LogP contribution in [0.4, 0.5) is 0 Å². The lowest BCUT2D eigenvalue weighted by atomic mass is 10.00. The van der Waals surface area contributed by atoms with Gasteiger partial charge in [-0.15, -0.1) is 0 Å². The fraction of sp³-hybridized carbons (Fsp3) is 0.822. The third-order valence-corrected chi connectivity index (χ3v) is 10.9. The predicted molar refractivity (Wildman–Crippen MR) is 229 cm³/mol. The first-order valence-electron chi connectivity index (χ1n) is 22.5. The number of aliphatic hydroxyl groups is 3. The molecule has 6 atom stereocenters. The van der Waals surface area contributed by atoms with Gasteiger partial charge in [0.05, 0.1) is 6.61 Å². The van der Waals surface area contributed by atoms with Gasteiger partial charge >= 0.3 is 11.9 Å². The molecule has 12 nitrogen and oxygen atoms in total. The minimum atomic E-state index is -4.60. The Balaban J connectivity index is 2.45. The van der Waals surface area contributed by atoms with Gasteiger partial charge in [-0.05, 0) is 70.6 Å². The number of carbonyl (C=O) groups excluding carboxylic acids is 2. The molecule has 0 spiro atoms. The number of hydrogen-bond acceptors (Lipinski definition) is 11. The molecule has 0 aromatic carbocycles. The largest absolute Gasteiger partial charge is 0.462 e. The Labute approximate surface area is 351 Å². The molecule has 1 fully saturated rings. The van der Waals surface area contributed by atoms with Crippen LogP contribution in [0.3, 0.4) is 0 Å². The lowest BCUT2D eigenvalue weighted by Crippen LogP contribution is -2.60. The second-order valence-corrected chi connectivity index (χ2v) is 17.2. The summed E-state index contributed by atoms with van der Waals surface area (Å²) in [6, 6.07) is 0. The van der Waals surface area contributed by atoms with Crippen molar-refractivity contribution < 1.29 is 56.8 Å². The molecule has 4 N–H and O–H groups in total. The van der Waals surface area contributed by atoms with E-state index in [9.17, 15) is 37.9 Å². The van der Waals surface area contributed by atoms with E-state index in [1.165, 1.54) is 64.2 Å². The molecule has 1 saturated heterocycles. The summed E-state index contributed by atoms with van der Waals surface area (Å²) in [5.74, 6) is -2.00. The fourth-order valence-corrected chi connectivity index (χ4v) is 7.33.